The quantitative estimate of drug-likeness (QED) is 0.896. The Morgan fingerprint density at radius 2 is 1.90 bits per heavy atom. The minimum absolute atomic E-state index is 0.345. The van der Waals surface area contributed by atoms with Gasteiger partial charge in [0.1, 0.15) is 0 Å². The molecule has 1 aromatic rings. The molecule has 1 aromatic heterocycles. The number of imidazole rings is 1. The van der Waals surface area contributed by atoms with Crippen molar-refractivity contribution >= 4 is 0 Å². The van der Waals surface area contributed by atoms with Crippen LogP contribution in [0.5, 0.6) is 0 Å². The molecule has 3 saturated carbocycles. The van der Waals surface area contributed by atoms with Crippen LogP contribution in [0.4, 0.5) is 0 Å². The fraction of sp³-hybridized carbons (Fsp3) is 0.824. The SMILES string of the molecule is CC1(c2cncn2C2C3C4CCC(C4)C32)CCNCC1. The van der Waals surface area contributed by atoms with Crippen molar-refractivity contribution in [2.75, 3.05) is 13.1 Å². The highest BCUT2D eigenvalue weighted by molar-refractivity contribution is 5.23. The molecule has 4 atom stereocenters. The van der Waals surface area contributed by atoms with Crippen LogP contribution in [0.25, 0.3) is 0 Å². The third-order valence-electron chi connectivity index (χ3n) is 7.01. The van der Waals surface area contributed by atoms with E-state index < -0.39 is 0 Å². The Morgan fingerprint density at radius 3 is 2.60 bits per heavy atom. The Kier molecular flexibility index (Phi) is 2.29. The van der Waals surface area contributed by atoms with Gasteiger partial charge in [0, 0.05) is 23.3 Å². The van der Waals surface area contributed by atoms with E-state index in [-0.39, 0.29) is 0 Å². The van der Waals surface area contributed by atoms with Crippen LogP contribution in [0.1, 0.15) is 50.8 Å². The smallest absolute Gasteiger partial charge is 0.0951 e. The summed E-state index contributed by atoms with van der Waals surface area (Å²) in [5.41, 5.74) is 1.87. The maximum Gasteiger partial charge on any atom is 0.0951 e. The van der Waals surface area contributed by atoms with Gasteiger partial charge in [-0.2, -0.15) is 0 Å². The molecule has 0 amide bonds. The zero-order valence-electron chi connectivity index (χ0n) is 12.4. The largest absolute Gasteiger partial charge is 0.330 e. The van der Waals surface area contributed by atoms with Gasteiger partial charge < -0.3 is 9.88 Å². The first kappa shape index (κ1) is 11.8. The van der Waals surface area contributed by atoms with E-state index in [1.54, 1.807) is 0 Å². The summed E-state index contributed by atoms with van der Waals surface area (Å²) in [5.74, 6) is 4.11. The average Bonchev–Trinajstić information content (AvgIpc) is 2.90. The number of rotatable bonds is 2. The summed E-state index contributed by atoms with van der Waals surface area (Å²) >= 11 is 0. The Bertz CT molecular complexity index is 512. The van der Waals surface area contributed by atoms with E-state index >= 15 is 0 Å². The lowest BCUT2D eigenvalue weighted by Gasteiger charge is -2.35. The third-order valence-corrected chi connectivity index (χ3v) is 7.01. The fourth-order valence-corrected chi connectivity index (χ4v) is 5.89. The van der Waals surface area contributed by atoms with Gasteiger partial charge in [0.15, 0.2) is 0 Å². The zero-order valence-corrected chi connectivity index (χ0v) is 12.4. The molecule has 4 fully saturated rings. The molecule has 4 unspecified atom stereocenters. The standard InChI is InChI=1S/C17H25N3/c1-17(4-6-18-7-5-17)13-9-19-10-20(13)16-14-11-2-3-12(8-11)15(14)16/h9-12,14-16,18H,2-8H2,1H3. The highest BCUT2D eigenvalue weighted by Gasteiger charge is 2.66. The van der Waals surface area contributed by atoms with Crippen LogP contribution < -0.4 is 5.32 Å². The van der Waals surface area contributed by atoms with Crippen LogP contribution in [0.3, 0.4) is 0 Å². The minimum Gasteiger partial charge on any atom is -0.330 e. The third kappa shape index (κ3) is 1.42. The number of hydrogen-bond donors (Lipinski definition) is 1. The van der Waals surface area contributed by atoms with E-state index in [4.69, 9.17) is 0 Å². The van der Waals surface area contributed by atoms with Gasteiger partial charge in [0.2, 0.25) is 0 Å². The molecule has 2 heterocycles. The minimum atomic E-state index is 0.345. The van der Waals surface area contributed by atoms with Crippen molar-refractivity contribution in [3.8, 4) is 0 Å². The second kappa shape index (κ2) is 3.88. The molecule has 2 bridgehead atoms. The molecule has 108 valence electrons. The van der Waals surface area contributed by atoms with Crippen molar-refractivity contribution in [2.45, 2.75) is 50.5 Å². The van der Waals surface area contributed by atoms with Crippen molar-refractivity contribution in [2.24, 2.45) is 23.7 Å². The number of fused-ring (bicyclic) bond motifs is 5. The van der Waals surface area contributed by atoms with Crippen molar-refractivity contribution < 1.29 is 0 Å². The van der Waals surface area contributed by atoms with E-state index in [2.05, 4.69) is 34.3 Å². The van der Waals surface area contributed by atoms with Gasteiger partial charge >= 0.3 is 0 Å². The van der Waals surface area contributed by atoms with Gasteiger partial charge in [-0.1, -0.05) is 6.92 Å². The molecule has 3 heteroatoms. The fourth-order valence-electron chi connectivity index (χ4n) is 5.89. The summed E-state index contributed by atoms with van der Waals surface area (Å²) in [6, 6.07) is 0.811. The number of piperidine rings is 1. The van der Waals surface area contributed by atoms with E-state index in [0.29, 0.717) is 5.41 Å². The highest BCUT2D eigenvalue weighted by Crippen LogP contribution is 2.71. The molecular weight excluding hydrogens is 246 g/mol. The molecule has 0 radical (unpaired) electrons. The first-order valence-corrected chi connectivity index (χ1v) is 8.51. The summed E-state index contributed by atoms with van der Waals surface area (Å²) in [6.07, 6.45) is 11.4. The lowest BCUT2D eigenvalue weighted by molar-refractivity contribution is 0.310. The lowest BCUT2D eigenvalue weighted by atomic mass is 9.78. The first-order valence-electron chi connectivity index (χ1n) is 8.51. The molecule has 0 spiro atoms. The maximum atomic E-state index is 4.54. The van der Waals surface area contributed by atoms with Crippen LogP contribution in [-0.4, -0.2) is 22.6 Å². The first-order chi connectivity index (χ1) is 9.78. The normalized spacial score (nSPS) is 44.5. The molecule has 3 nitrogen and oxygen atoms in total. The highest BCUT2D eigenvalue weighted by atomic mass is 15.1. The summed E-state index contributed by atoms with van der Waals surface area (Å²) in [5, 5.41) is 3.50. The molecule has 5 rings (SSSR count). The van der Waals surface area contributed by atoms with Crippen molar-refractivity contribution in [3.05, 3.63) is 18.2 Å². The van der Waals surface area contributed by atoms with Gasteiger partial charge in [-0.05, 0) is 68.9 Å². The molecule has 20 heavy (non-hydrogen) atoms. The van der Waals surface area contributed by atoms with Gasteiger partial charge in [0.05, 0.1) is 6.33 Å². The summed E-state index contributed by atoms with van der Waals surface area (Å²) in [6.45, 7) is 4.77. The molecule has 1 aliphatic heterocycles. The van der Waals surface area contributed by atoms with Gasteiger partial charge in [-0.25, -0.2) is 4.98 Å². The van der Waals surface area contributed by atoms with Gasteiger partial charge in [-0.3, -0.25) is 0 Å². The van der Waals surface area contributed by atoms with Crippen molar-refractivity contribution in [1.29, 1.82) is 0 Å². The van der Waals surface area contributed by atoms with E-state index in [1.165, 1.54) is 37.8 Å². The van der Waals surface area contributed by atoms with Crippen molar-refractivity contribution in [1.82, 2.24) is 14.9 Å². The molecule has 1 N–H and O–H groups in total. The number of nitrogens with zero attached hydrogens (tertiary/aromatic N) is 2. The van der Waals surface area contributed by atoms with E-state index in [9.17, 15) is 0 Å². The number of hydrogen-bond acceptors (Lipinski definition) is 2. The van der Waals surface area contributed by atoms with E-state index in [0.717, 1.165) is 42.8 Å². The monoisotopic (exact) mass is 271 g/mol. The topological polar surface area (TPSA) is 29.9 Å². The van der Waals surface area contributed by atoms with Crippen molar-refractivity contribution in [3.63, 3.8) is 0 Å². The molecule has 0 aromatic carbocycles. The maximum absolute atomic E-state index is 4.54. The number of nitrogens with one attached hydrogen (secondary N) is 1. The van der Waals surface area contributed by atoms with Gasteiger partial charge in [-0.15, -0.1) is 0 Å². The summed E-state index contributed by atoms with van der Waals surface area (Å²) in [7, 11) is 0. The van der Waals surface area contributed by atoms with Crippen LogP contribution in [0.2, 0.25) is 0 Å². The van der Waals surface area contributed by atoms with Crippen LogP contribution in [0, 0.1) is 23.7 Å². The Morgan fingerprint density at radius 1 is 1.20 bits per heavy atom. The Balaban J connectivity index is 1.47. The second-order valence-electron chi connectivity index (χ2n) is 7.98. The molecule has 3 aliphatic carbocycles. The Hall–Kier alpha value is -0.830. The number of aromatic nitrogens is 2. The zero-order chi connectivity index (χ0) is 13.3. The second-order valence-corrected chi connectivity index (χ2v) is 7.98. The molecule has 4 aliphatic rings. The molecular formula is C17H25N3. The predicted octanol–water partition coefficient (Wildman–Crippen LogP) is 2.74. The van der Waals surface area contributed by atoms with Crippen LogP contribution in [0.15, 0.2) is 12.5 Å². The van der Waals surface area contributed by atoms with Crippen LogP contribution >= 0.6 is 0 Å². The van der Waals surface area contributed by atoms with Crippen LogP contribution in [-0.2, 0) is 5.41 Å². The lowest BCUT2D eigenvalue weighted by Crippen LogP contribution is -2.39. The van der Waals surface area contributed by atoms with Gasteiger partial charge in [0.25, 0.3) is 0 Å². The predicted molar refractivity (Wildman–Crippen MR) is 78.5 cm³/mol. The van der Waals surface area contributed by atoms with E-state index in [1.807, 2.05) is 0 Å². The summed E-state index contributed by atoms with van der Waals surface area (Å²) in [4.78, 5) is 4.54. The summed E-state index contributed by atoms with van der Waals surface area (Å²) < 4.78 is 2.60. The molecule has 1 saturated heterocycles. The Labute approximate surface area is 121 Å². The average molecular weight is 271 g/mol.